The Morgan fingerprint density at radius 2 is 1.86 bits per heavy atom. The van der Waals surface area contributed by atoms with Crippen LogP contribution in [0.4, 0.5) is 0 Å². The largest absolute Gasteiger partial charge is 0.393 e. The Balaban J connectivity index is 1.65. The zero-order valence-electron chi connectivity index (χ0n) is 14.5. The van der Waals surface area contributed by atoms with E-state index < -0.39 is 0 Å². The highest BCUT2D eigenvalue weighted by Crippen LogP contribution is 2.65. The molecule has 0 aromatic rings. The second-order valence-electron chi connectivity index (χ2n) is 9.56. The summed E-state index contributed by atoms with van der Waals surface area (Å²) in [5.74, 6) is 3.92. The number of Topliss-reactive ketones (excluding diaryl/α,β-unsaturated/α-hetero) is 1. The van der Waals surface area contributed by atoms with E-state index >= 15 is 0 Å². The fraction of sp³-hybridized carbons (Fsp3) is 0.950. The Morgan fingerprint density at radius 3 is 2.64 bits per heavy atom. The van der Waals surface area contributed by atoms with E-state index in [2.05, 4.69) is 20.8 Å². The van der Waals surface area contributed by atoms with E-state index in [1.807, 2.05) is 0 Å². The number of carbonyl (C=O) groups excluding carboxylic acids is 1. The average Bonchev–Trinajstić information content (AvgIpc) is 2.77. The molecule has 0 spiro atoms. The quantitative estimate of drug-likeness (QED) is 0.728. The van der Waals surface area contributed by atoms with Crippen LogP contribution in [0.15, 0.2) is 0 Å². The lowest BCUT2D eigenvalue weighted by molar-refractivity contribution is -0.148. The normalized spacial score (nSPS) is 57.9. The molecule has 0 radical (unpaired) electrons. The highest BCUT2D eigenvalue weighted by atomic mass is 16.3. The molecule has 8 atom stereocenters. The van der Waals surface area contributed by atoms with Gasteiger partial charge in [0.25, 0.3) is 0 Å². The Hall–Kier alpha value is -0.370. The Morgan fingerprint density at radius 1 is 1.09 bits per heavy atom. The average molecular weight is 304 g/mol. The topological polar surface area (TPSA) is 37.3 Å². The molecule has 0 saturated heterocycles. The molecule has 4 saturated carbocycles. The first-order valence-electron chi connectivity index (χ1n) is 9.57. The molecule has 4 fully saturated rings. The maximum absolute atomic E-state index is 12.4. The summed E-state index contributed by atoms with van der Waals surface area (Å²) in [4.78, 5) is 12.4. The van der Waals surface area contributed by atoms with Gasteiger partial charge in [-0.3, -0.25) is 4.79 Å². The van der Waals surface area contributed by atoms with Crippen molar-refractivity contribution < 1.29 is 9.90 Å². The van der Waals surface area contributed by atoms with Crippen molar-refractivity contribution in [2.75, 3.05) is 0 Å². The summed E-state index contributed by atoms with van der Waals surface area (Å²) in [7, 11) is 0. The number of fused-ring (bicyclic) bond motifs is 5. The zero-order valence-corrected chi connectivity index (χ0v) is 14.5. The van der Waals surface area contributed by atoms with Gasteiger partial charge in [-0.05, 0) is 80.0 Å². The summed E-state index contributed by atoms with van der Waals surface area (Å²) in [6.07, 6.45) is 9.06. The number of aliphatic hydroxyl groups is 1. The third kappa shape index (κ3) is 1.85. The monoisotopic (exact) mass is 304 g/mol. The van der Waals surface area contributed by atoms with Gasteiger partial charge in [-0.2, -0.15) is 0 Å². The van der Waals surface area contributed by atoms with Gasteiger partial charge in [0.05, 0.1) is 6.10 Å². The Bertz CT molecular complexity index is 486. The smallest absolute Gasteiger partial charge is 0.139 e. The van der Waals surface area contributed by atoms with Crippen LogP contribution in [-0.2, 0) is 4.79 Å². The molecular formula is C20H32O2. The first-order valence-corrected chi connectivity index (χ1v) is 9.57. The predicted octanol–water partition coefficient (Wildman–Crippen LogP) is 4.21. The van der Waals surface area contributed by atoms with Crippen LogP contribution >= 0.6 is 0 Å². The van der Waals surface area contributed by atoms with Crippen molar-refractivity contribution in [2.24, 2.45) is 40.4 Å². The molecule has 0 aliphatic heterocycles. The van der Waals surface area contributed by atoms with Gasteiger partial charge in [0.2, 0.25) is 0 Å². The van der Waals surface area contributed by atoms with E-state index in [4.69, 9.17) is 0 Å². The van der Waals surface area contributed by atoms with Gasteiger partial charge in [-0.15, -0.1) is 0 Å². The Labute approximate surface area is 135 Å². The van der Waals surface area contributed by atoms with Crippen molar-refractivity contribution >= 4 is 5.78 Å². The fourth-order valence-electron chi connectivity index (χ4n) is 7.36. The number of hydrogen-bond donors (Lipinski definition) is 1. The lowest BCUT2D eigenvalue weighted by Crippen LogP contribution is -2.55. The lowest BCUT2D eigenvalue weighted by atomic mass is 9.44. The van der Waals surface area contributed by atoms with Crippen molar-refractivity contribution in [2.45, 2.75) is 78.2 Å². The molecule has 2 heteroatoms. The zero-order chi connectivity index (χ0) is 15.7. The third-order valence-corrected chi connectivity index (χ3v) is 8.72. The molecule has 0 aromatic heterocycles. The van der Waals surface area contributed by atoms with Crippen LogP contribution in [0, 0.1) is 40.4 Å². The number of ketones is 1. The minimum absolute atomic E-state index is 0.00413. The van der Waals surface area contributed by atoms with E-state index in [9.17, 15) is 9.90 Å². The van der Waals surface area contributed by atoms with E-state index in [0.717, 1.165) is 37.5 Å². The first kappa shape index (κ1) is 15.2. The lowest BCUT2D eigenvalue weighted by Gasteiger charge is -2.61. The van der Waals surface area contributed by atoms with Crippen LogP contribution in [0.3, 0.4) is 0 Å². The Kier molecular flexibility index (Phi) is 3.32. The van der Waals surface area contributed by atoms with Gasteiger partial charge in [0, 0.05) is 11.8 Å². The van der Waals surface area contributed by atoms with Gasteiger partial charge in [-0.1, -0.05) is 20.8 Å². The van der Waals surface area contributed by atoms with E-state index in [1.54, 1.807) is 0 Å². The predicted molar refractivity (Wildman–Crippen MR) is 87.3 cm³/mol. The number of aliphatic hydroxyl groups excluding tert-OH is 1. The standard InChI is InChI=1S/C20H32O2/c1-12-11-20(3)13(10-17(12)21)4-5-14-15-6-7-18(22)19(15,2)9-8-16(14)20/h12-17,21H,4-11H2,1-3H3/t12-,13+,14+,15+,16+,17+,19+,20+/m1/s1. The molecule has 4 aliphatic rings. The van der Waals surface area contributed by atoms with Crippen LogP contribution in [-0.4, -0.2) is 17.0 Å². The van der Waals surface area contributed by atoms with Gasteiger partial charge in [0.15, 0.2) is 0 Å². The summed E-state index contributed by atoms with van der Waals surface area (Å²) in [6.45, 7) is 7.03. The maximum Gasteiger partial charge on any atom is 0.139 e. The number of carbonyl (C=O) groups is 1. The highest BCUT2D eigenvalue weighted by molar-refractivity contribution is 5.87. The van der Waals surface area contributed by atoms with Gasteiger partial charge in [-0.25, -0.2) is 0 Å². The number of hydrogen-bond acceptors (Lipinski definition) is 2. The summed E-state index contributed by atoms with van der Waals surface area (Å²) in [5.41, 5.74) is 0.415. The summed E-state index contributed by atoms with van der Waals surface area (Å²) >= 11 is 0. The fourth-order valence-corrected chi connectivity index (χ4v) is 7.36. The van der Waals surface area contributed by atoms with Crippen LogP contribution in [0.5, 0.6) is 0 Å². The minimum atomic E-state index is -0.0865. The van der Waals surface area contributed by atoms with E-state index in [-0.39, 0.29) is 11.5 Å². The molecule has 4 aliphatic carbocycles. The molecule has 0 bridgehead atoms. The molecule has 124 valence electrons. The molecule has 0 unspecified atom stereocenters. The molecule has 2 nitrogen and oxygen atoms in total. The molecule has 0 amide bonds. The van der Waals surface area contributed by atoms with Crippen molar-refractivity contribution in [3.63, 3.8) is 0 Å². The number of rotatable bonds is 0. The molecule has 0 aromatic carbocycles. The van der Waals surface area contributed by atoms with Crippen molar-refractivity contribution in [3.05, 3.63) is 0 Å². The summed E-state index contributed by atoms with van der Waals surface area (Å²) in [5, 5.41) is 10.3. The van der Waals surface area contributed by atoms with Crippen molar-refractivity contribution in [1.82, 2.24) is 0 Å². The van der Waals surface area contributed by atoms with Crippen LogP contribution in [0.25, 0.3) is 0 Å². The molecular weight excluding hydrogens is 272 g/mol. The third-order valence-electron chi connectivity index (χ3n) is 8.72. The van der Waals surface area contributed by atoms with Crippen LogP contribution in [0.1, 0.15) is 72.1 Å². The van der Waals surface area contributed by atoms with Crippen molar-refractivity contribution in [1.29, 1.82) is 0 Å². The minimum Gasteiger partial charge on any atom is -0.393 e. The summed E-state index contributed by atoms with van der Waals surface area (Å²) < 4.78 is 0. The molecule has 1 N–H and O–H groups in total. The second kappa shape index (κ2) is 4.82. The van der Waals surface area contributed by atoms with Gasteiger partial charge >= 0.3 is 0 Å². The van der Waals surface area contributed by atoms with Crippen LogP contribution < -0.4 is 0 Å². The SMILES string of the molecule is C[C@@H]1C[C@@]2(C)[C@@H](CC[C@@H]3[C@@H]2CC[C@]2(C)C(=O)CC[C@@H]32)C[C@@H]1O. The highest BCUT2D eigenvalue weighted by Gasteiger charge is 2.60. The maximum atomic E-state index is 12.4. The van der Waals surface area contributed by atoms with E-state index in [1.165, 1.54) is 25.7 Å². The van der Waals surface area contributed by atoms with Crippen molar-refractivity contribution in [3.8, 4) is 0 Å². The summed E-state index contributed by atoms with van der Waals surface area (Å²) in [6, 6.07) is 0. The van der Waals surface area contributed by atoms with E-state index in [0.29, 0.717) is 29.0 Å². The first-order chi connectivity index (χ1) is 10.4. The van der Waals surface area contributed by atoms with Gasteiger partial charge in [0.1, 0.15) is 5.78 Å². The second-order valence-corrected chi connectivity index (χ2v) is 9.56. The molecule has 0 heterocycles. The molecule has 4 rings (SSSR count). The molecule has 22 heavy (non-hydrogen) atoms. The van der Waals surface area contributed by atoms with Gasteiger partial charge < -0.3 is 5.11 Å². The van der Waals surface area contributed by atoms with Crippen LogP contribution in [0.2, 0.25) is 0 Å².